The summed E-state index contributed by atoms with van der Waals surface area (Å²) in [6.07, 6.45) is 1.73. The Morgan fingerprint density at radius 3 is 2.93 bits per heavy atom. The molecule has 0 atom stereocenters. The Labute approximate surface area is 94.7 Å². The molecule has 0 spiro atoms. The van der Waals surface area contributed by atoms with E-state index in [4.69, 9.17) is 4.74 Å². The standard InChI is InChI=1S/C10H8BrNOS/c11-8-3-4-10(12-6-8)13-7-9-2-1-5-14-9/h1-6H,7H2. The van der Waals surface area contributed by atoms with Crippen molar-refractivity contribution in [2.24, 2.45) is 0 Å². The number of halogens is 1. The van der Waals surface area contributed by atoms with Crippen molar-refractivity contribution in [1.29, 1.82) is 0 Å². The van der Waals surface area contributed by atoms with Crippen LogP contribution < -0.4 is 4.74 Å². The number of aromatic nitrogens is 1. The second-order valence-electron chi connectivity index (χ2n) is 2.68. The van der Waals surface area contributed by atoms with Crippen molar-refractivity contribution in [3.8, 4) is 5.88 Å². The fraction of sp³-hybridized carbons (Fsp3) is 0.100. The summed E-state index contributed by atoms with van der Waals surface area (Å²) in [6.45, 7) is 0.590. The van der Waals surface area contributed by atoms with Crippen molar-refractivity contribution in [3.05, 3.63) is 45.2 Å². The lowest BCUT2D eigenvalue weighted by Crippen LogP contribution is -1.94. The zero-order valence-electron chi connectivity index (χ0n) is 7.31. The van der Waals surface area contributed by atoms with Crippen LogP contribution in [0.2, 0.25) is 0 Å². The summed E-state index contributed by atoms with van der Waals surface area (Å²) in [5.74, 6) is 0.654. The number of pyridine rings is 1. The Bertz CT molecular complexity index is 385. The molecule has 14 heavy (non-hydrogen) atoms. The maximum atomic E-state index is 5.48. The molecule has 0 saturated carbocycles. The first-order valence-electron chi connectivity index (χ1n) is 4.11. The number of hydrogen-bond acceptors (Lipinski definition) is 3. The molecule has 2 aromatic heterocycles. The summed E-state index contributed by atoms with van der Waals surface area (Å²) in [5.41, 5.74) is 0. The Kier molecular flexibility index (Phi) is 3.16. The van der Waals surface area contributed by atoms with Gasteiger partial charge in [-0.05, 0) is 33.4 Å². The van der Waals surface area contributed by atoms with E-state index in [2.05, 4.69) is 20.9 Å². The minimum absolute atomic E-state index is 0.590. The van der Waals surface area contributed by atoms with Crippen molar-refractivity contribution in [3.63, 3.8) is 0 Å². The Morgan fingerprint density at radius 2 is 2.29 bits per heavy atom. The fourth-order valence-electron chi connectivity index (χ4n) is 0.987. The van der Waals surface area contributed by atoms with Crippen molar-refractivity contribution >= 4 is 27.3 Å². The predicted octanol–water partition coefficient (Wildman–Crippen LogP) is 3.48. The summed E-state index contributed by atoms with van der Waals surface area (Å²) in [4.78, 5) is 5.32. The van der Waals surface area contributed by atoms with Gasteiger partial charge in [-0.25, -0.2) is 4.98 Å². The van der Waals surface area contributed by atoms with Gasteiger partial charge in [0.2, 0.25) is 5.88 Å². The molecule has 0 aromatic carbocycles. The monoisotopic (exact) mass is 269 g/mol. The predicted molar refractivity (Wildman–Crippen MR) is 60.6 cm³/mol. The highest BCUT2D eigenvalue weighted by atomic mass is 79.9. The lowest BCUT2D eigenvalue weighted by molar-refractivity contribution is 0.297. The molecule has 0 bridgehead atoms. The molecular weight excluding hydrogens is 262 g/mol. The van der Waals surface area contributed by atoms with Gasteiger partial charge in [0.15, 0.2) is 0 Å². The second-order valence-corrected chi connectivity index (χ2v) is 4.63. The van der Waals surface area contributed by atoms with Gasteiger partial charge in [0.1, 0.15) is 6.61 Å². The van der Waals surface area contributed by atoms with E-state index in [1.807, 2.05) is 29.6 Å². The molecule has 2 nitrogen and oxygen atoms in total. The maximum absolute atomic E-state index is 5.48. The van der Waals surface area contributed by atoms with Crippen LogP contribution >= 0.6 is 27.3 Å². The van der Waals surface area contributed by atoms with Gasteiger partial charge >= 0.3 is 0 Å². The molecule has 2 rings (SSSR count). The quantitative estimate of drug-likeness (QED) is 0.851. The third-order valence-electron chi connectivity index (χ3n) is 1.64. The largest absolute Gasteiger partial charge is 0.472 e. The SMILES string of the molecule is Brc1ccc(OCc2cccs2)nc1. The first-order valence-corrected chi connectivity index (χ1v) is 5.78. The number of nitrogens with zero attached hydrogens (tertiary/aromatic N) is 1. The van der Waals surface area contributed by atoms with Crippen molar-refractivity contribution in [2.75, 3.05) is 0 Å². The van der Waals surface area contributed by atoms with E-state index in [1.165, 1.54) is 4.88 Å². The summed E-state index contributed by atoms with van der Waals surface area (Å²) < 4.78 is 6.44. The maximum Gasteiger partial charge on any atom is 0.213 e. The van der Waals surface area contributed by atoms with Crippen molar-refractivity contribution in [1.82, 2.24) is 4.98 Å². The van der Waals surface area contributed by atoms with Gasteiger partial charge in [0.25, 0.3) is 0 Å². The zero-order chi connectivity index (χ0) is 9.80. The van der Waals surface area contributed by atoms with Gasteiger partial charge in [-0.3, -0.25) is 0 Å². The molecule has 0 aliphatic rings. The molecule has 0 fully saturated rings. The Hall–Kier alpha value is -0.870. The van der Waals surface area contributed by atoms with Crippen LogP contribution in [0.5, 0.6) is 5.88 Å². The number of ether oxygens (including phenoxy) is 1. The third kappa shape index (κ3) is 2.56. The average molecular weight is 270 g/mol. The Morgan fingerprint density at radius 1 is 1.36 bits per heavy atom. The van der Waals surface area contributed by atoms with Gasteiger partial charge in [-0.1, -0.05) is 6.07 Å². The molecule has 2 heterocycles. The lowest BCUT2D eigenvalue weighted by Gasteiger charge is -2.02. The van der Waals surface area contributed by atoms with E-state index in [0.29, 0.717) is 12.5 Å². The molecule has 0 amide bonds. The van der Waals surface area contributed by atoms with Gasteiger partial charge in [-0.2, -0.15) is 0 Å². The number of thiophene rings is 1. The van der Waals surface area contributed by atoms with E-state index < -0.39 is 0 Å². The van der Waals surface area contributed by atoms with Crippen LogP contribution in [-0.2, 0) is 6.61 Å². The van der Waals surface area contributed by atoms with Crippen LogP contribution in [0.25, 0.3) is 0 Å². The molecule has 0 aliphatic carbocycles. The van der Waals surface area contributed by atoms with E-state index >= 15 is 0 Å². The molecule has 0 N–H and O–H groups in total. The first kappa shape index (κ1) is 9.68. The summed E-state index contributed by atoms with van der Waals surface area (Å²) in [6, 6.07) is 7.82. The zero-order valence-corrected chi connectivity index (χ0v) is 9.72. The van der Waals surface area contributed by atoms with Crippen LogP contribution in [0, 0.1) is 0 Å². The summed E-state index contributed by atoms with van der Waals surface area (Å²) >= 11 is 5.00. The van der Waals surface area contributed by atoms with E-state index in [0.717, 1.165) is 4.47 Å². The topological polar surface area (TPSA) is 22.1 Å². The molecular formula is C10H8BrNOS. The second kappa shape index (κ2) is 4.57. The normalized spacial score (nSPS) is 10.1. The smallest absolute Gasteiger partial charge is 0.213 e. The van der Waals surface area contributed by atoms with E-state index in [-0.39, 0.29) is 0 Å². The lowest BCUT2D eigenvalue weighted by atomic mass is 10.5. The molecule has 72 valence electrons. The van der Waals surface area contributed by atoms with Gasteiger partial charge < -0.3 is 4.74 Å². The highest BCUT2D eigenvalue weighted by Crippen LogP contribution is 2.15. The molecule has 0 radical (unpaired) electrons. The van der Waals surface area contributed by atoms with Crippen LogP contribution in [0.4, 0.5) is 0 Å². The fourth-order valence-corrected chi connectivity index (χ4v) is 1.84. The molecule has 0 saturated heterocycles. The Balaban J connectivity index is 1.95. The average Bonchev–Trinajstić information content (AvgIpc) is 2.70. The van der Waals surface area contributed by atoms with Crippen LogP contribution in [0.3, 0.4) is 0 Å². The highest BCUT2D eigenvalue weighted by molar-refractivity contribution is 9.10. The minimum atomic E-state index is 0.590. The molecule has 0 aliphatic heterocycles. The van der Waals surface area contributed by atoms with Gasteiger partial charge in [0.05, 0.1) is 0 Å². The third-order valence-corrected chi connectivity index (χ3v) is 2.96. The van der Waals surface area contributed by atoms with Gasteiger partial charge in [0, 0.05) is 21.6 Å². The molecule has 0 unspecified atom stereocenters. The van der Waals surface area contributed by atoms with E-state index in [9.17, 15) is 0 Å². The molecule has 2 aromatic rings. The van der Waals surface area contributed by atoms with Crippen molar-refractivity contribution < 1.29 is 4.74 Å². The first-order chi connectivity index (χ1) is 6.84. The number of rotatable bonds is 3. The number of hydrogen-bond donors (Lipinski definition) is 0. The van der Waals surface area contributed by atoms with Crippen LogP contribution in [0.1, 0.15) is 4.88 Å². The summed E-state index contributed by atoms with van der Waals surface area (Å²) in [5, 5.41) is 2.04. The van der Waals surface area contributed by atoms with Crippen LogP contribution in [-0.4, -0.2) is 4.98 Å². The minimum Gasteiger partial charge on any atom is -0.472 e. The summed E-state index contributed by atoms with van der Waals surface area (Å²) in [7, 11) is 0. The van der Waals surface area contributed by atoms with Gasteiger partial charge in [-0.15, -0.1) is 11.3 Å². The van der Waals surface area contributed by atoms with Crippen LogP contribution in [0.15, 0.2) is 40.3 Å². The van der Waals surface area contributed by atoms with E-state index in [1.54, 1.807) is 17.5 Å². The van der Waals surface area contributed by atoms with Crippen molar-refractivity contribution in [2.45, 2.75) is 6.61 Å². The molecule has 4 heteroatoms. The highest BCUT2D eigenvalue weighted by Gasteiger charge is 1.97.